The van der Waals surface area contributed by atoms with Gasteiger partial charge in [0.15, 0.2) is 0 Å². The van der Waals surface area contributed by atoms with E-state index in [0.29, 0.717) is 0 Å². The molecular formula is C4H6ClNO4. The molecule has 0 radical (unpaired) electrons. The quantitative estimate of drug-likeness (QED) is 0.499. The Morgan fingerprint density at radius 1 is 1.50 bits per heavy atom. The Morgan fingerprint density at radius 2 is 2.00 bits per heavy atom. The van der Waals surface area contributed by atoms with E-state index in [-0.39, 0.29) is 0 Å². The SMILES string of the molecule is O=C(O)CC(NCl)C(=O)O. The second-order valence-corrected chi connectivity index (χ2v) is 1.82. The van der Waals surface area contributed by atoms with Crippen LogP contribution in [0.15, 0.2) is 0 Å². The zero-order valence-electron chi connectivity index (χ0n) is 4.87. The van der Waals surface area contributed by atoms with Gasteiger partial charge in [0.25, 0.3) is 0 Å². The molecule has 0 amide bonds. The normalized spacial score (nSPS) is 12.5. The molecule has 0 aliphatic heterocycles. The van der Waals surface area contributed by atoms with Crippen molar-refractivity contribution in [3.05, 3.63) is 0 Å². The molecule has 0 rings (SSSR count). The average Bonchev–Trinajstić information content (AvgIpc) is 1.81. The zero-order valence-corrected chi connectivity index (χ0v) is 5.63. The minimum Gasteiger partial charge on any atom is -0.481 e. The first-order chi connectivity index (χ1) is 4.57. The second kappa shape index (κ2) is 4.08. The third-order valence-corrected chi connectivity index (χ3v) is 1.07. The molecule has 3 N–H and O–H groups in total. The number of carboxylic acids is 2. The summed E-state index contributed by atoms with van der Waals surface area (Å²) in [5, 5.41) is 16.3. The van der Waals surface area contributed by atoms with Crippen molar-refractivity contribution in [1.82, 2.24) is 4.84 Å². The lowest BCUT2D eigenvalue weighted by atomic mass is 10.2. The van der Waals surface area contributed by atoms with Crippen molar-refractivity contribution in [3.8, 4) is 0 Å². The van der Waals surface area contributed by atoms with Gasteiger partial charge in [-0.05, 0) is 11.8 Å². The largest absolute Gasteiger partial charge is 0.481 e. The summed E-state index contributed by atoms with van der Waals surface area (Å²) in [7, 11) is 0. The minimum absolute atomic E-state index is 0.529. The van der Waals surface area contributed by atoms with Crippen molar-refractivity contribution in [2.45, 2.75) is 12.5 Å². The maximum absolute atomic E-state index is 10.1. The maximum Gasteiger partial charge on any atom is 0.322 e. The highest BCUT2D eigenvalue weighted by molar-refractivity contribution is 6.15. The Kier molecular flexibility index (Phi) is 3.75. The van der Waals surface area contributed by atoms with E-state index in [9.17, 15) is 9.59 Å². The zero-order chi connectivity index (χ0) is 8.15. The molecule has 0 aliphatic carbocycles. The Bertz CT molecular complexity index is 148. The summed E-state index contributed by atoms with van der Waals surface area (Å²) in [6.07, 6.45) is -0.529. The van der Waals surface area contributed by atoms with Crippen LogP contribution in [-0.4, -0.2) is 28.2 Å². The molecule has 6 heteroatoms. The molecule has 0 aromatic heterocycles. The number of nitrogens with one attached hydrogen (secondary N) is 1. The van der Waals surface area contributed by atoms with E-state index >= 15 is 0 Å². The van der Waals surface area contributed by atoms with E-state index in [1.54, 1.807) is 0 Å². The third kappa shape index (κ3) is 3.26. The van der Waals surface area contributed by atoms with Crippen molar-refractivity contribution < 1.29 is 19.8 Å². The summed E-state index contributed by atoms with van der Waals surface area (Å²) in [6.45, 7) is 0. The van der Waals surface area contributed by atoms with Gasteiger partial charge in [-0.1, -0.05) is 0 Å². The maximum atomic E-state index is 10.1. The van der Waals surface area contributed by atoms with E-state index < -0.39 is 24.4 Å². The summed E-state index contributed by atoms with van der Waals surface area (Å²) in [4.78, 5) is 21.8. The molecule has 0 aromatic carbocycles. The summed E-state index contributed by atoms with van der Waals surface area (Å²) in [5.74, 6) is -2.49. The van der Waals surface area contributed by atoms with Crippen LogP contribution in [0.1, 0.15) is 6.42 Å². The number of hydrogen-bond acceptors (Lipinski definition) is 3. The molecule has 0 saturated heterocycles. The number of carbonyl (C=O) groups is 2. The van der Waals surface area contributed by atoms with E-state index in [1.165, 1.54) is 0 Å². The highest BCUT2D eigenvalue weighted by Crippen LogP contribution is 1.92. The molecule has 1 atom stereocenters. The lowest BCUT2D eigenvalue weighted by molar-refractivity contribution is -0.145. The first kappa shape index (κ1) is 9.19. The molecular weight excluding hydrogens is 162 g/mol. The van der Waals surface area contributed by atoms with Crippen LogP contribution in [0.25, 0.3) is 0 Å². The highest BCUT2D eigenvalue weighted by atomic mass is 35.5. The van der Waals surface area contributed by atoms with Crippen LogP contribution in [0, 0.1) is 0 Å². The van der Waals surface area contributed by atoms with Gasteiger partial charge in [0.2, 0.25) is 0 Å². The third-order valence-electron chi connectivity index (χ3n) is 0.809. The first-order valence-corrected chi connectivity index (χ1v) is 2.76. The van der Waals surface area contributed by atoms with Crippen LogP contribution >= 0.6 is 11.8 Å². The lowest BCUT2D eigenvalue weighted by Gasteiger charge is -2.04. The van der Waals surface area contributed by atoms with Crippen molar-refractivity contribution >= 4 is 23.7 Å². The molecule has 0 aromatic rings. The standard InChI is InChI=1S/C4H6ClNO4/c5-6-2(4(9)10)1-3(7)8/h2,6H,1H2,(H,7,8)(H,9,10). The molecule has 10 heavy (non-hydrogen) atoms. The average molecular weight is 168 g/mol. The Labute approximate surface area is 61.7 Å². The first-order valence-electron chi connectivity index (χ1n) is 2.38. The van der Waals surface area contributed by atoms with Crippen LogP contribution < -0.4 is 4.84 Å². The van der Waals surface area contributed by atoms with Gasteiger partial charge in [-0.2, -0.15) is 0 Å². The monoisotopic (exact) mass is 167 g/mol. The minimum atomic E-state index is -1.28. The van der Waals surface area contributed by atoms with Gasteiger partial charge < -0.3 is 10.2 Å². The van der Waals surface area contributed by atoms with Crippen LogP contribution in [0.5, 0.6) is 0 Å². The van der Waals surface area contributed by atoms with Gasteiger partial charge in [-0.25, -0.2) is 4.84 Å². The Morgan fingerprint density at radius 3 is 2.10 bits per heavy atom. The molecule has 0 heterocycles. The number of aliphatic carboxylic acids is 2. The van der Waals surface area contributed by atoms with Crippen molar-refractivity contribution in [2.24, 2.45) is 0 Å². The number of halogens is 1. The van der Waals surface area contributed by atoms with Crippen molar-refractivity contribution in [2.75, 3.05) is 0 Å². The van der Waals surface area contributed by atoms with E-state index in [4.69, 9.17) is 22.0 Å². The van der Waals surface area contributed by atoms with E-state index in [1.807, 2.05) is 4.84 Å². The Hall–Kier alpha value is -0.810. The molecule has 0 saturated carbocycles. The fourth-order valence-corrected chi connectivity index (χ4v) is 0.518. The second-order valence-electron chi connectivity index (χ2n) is 1.60. The topological polar surface area (TPSA) is 86.6 Å². The molecule has 0 fully saturated rings. The van der Waals surface area contributed by atoms with Gasteiger partial charge >= 0.3 is 11.9 Å². The fraction of sp³-hybridized carbons (Fsp3) is 0.500. The van der Waals surface area contributed by atoms with Crippen LogP contribution in [-0.2, 0) is 9.59 Å². The molecule has 1 unspecified atom stereocenters. The highest BCUT2D eigenvalue weighted by Gasteiger charge is 2.18. The summed E-state index contributed by atoms with van der Waals surface area (Å²) in [5.41, 5.74) is 0. The van der Waals surface area contributed by atoms with Crippen LogP contribution in [0.2, 0.25) is 0 Å². The summed E-state index contributed by atoms with van der Waals surface area (Å²) in [6, 6.07) is -1.22. The van der Waals surface area contributed by atoms with E-state index in [0.717, 1.165) is 0 Å². The van der Waals surface area contributed by atoms with Crippen LogP contribution in [0.3, 0.4) is 0 Å². The summed E-state index contributed by atoms with van der Waals surface area (Å²) >= 11 is 4.91. The fourth-order valence-electron chi connectivity index (χ4n) is 0.347. The smallest absolute Gasteiger partial charge is 0.322 e. The van der Waals surface area contributed by atoms with Crippen LogP contribution in [0.4, 0.5) is 0 Å². The number of rotatable bonds is 4. The van der Waals surface area contributed by atoms with E-state index in [2.05, 4.69) is 0 Å². The van der Waals surface area contributed by atoms with Gasteiger partial charge in [-0.15, -0.1) is 0 Å². The Balaban J connectivity index is 3.83. The predicted molar refractivity (Wildman–Crippen MR) is 32.7 cm³/mol. The van der Waals surface area contributed by atoms with Gasteiger partial charge in [0, 0.05) is 0 Å². The number of hydrogen-bond donors (Lipinski definition) is 3. The van der Waals surface area contributed by atoms with Gasteiger partial charge in [0.1, 0.15) is 6.04 Å². The number of carboxylic acid groups (broad SMARTS) is 2. The molecule has 0 spiro atoms. The summed E-state index contributed by atoms with van der Waals surface area (Å²) < 4.78 is 0. The predicted octanol–water partition coefficient (Wildman–Crippen LogP) is -0.342. The molecule has 0 bridgehead atoms. The lowest BCUT2D eigenvalue weighted by Crippen LogP contribution is -2.32. The van der Waals surface area contributed by atoms with Crippen molar-refractivity contribution in [3.63, 3.8) is 0 Å². The molecule has 58 valence electrons. The molecule has 5 nitrogen and oxygen atoms in total. The van der Waals surface area contributed by atoms with Gasteiger partial charge in [-0.3, -0.25) is 9.59 Å². The van der Waals surface area contributed by atoms with Crippen molar-refractivity contribution in [1.29, 1.82) is 0 Å². The van der Waals surface area contributed by atoms with Gasteiger partial charge in [0.05, 0.1) is 6.42 Å². The molecule has 0 aliphatic rings.